The Kier molecular flexibility index (Phi) is 6860. The Balaban J connectivity index is -0.00000000000408. The summed E-state index contributed by atoms with van der Waals surface area (Å²) in [5.41, 5.74) is 0. The molecule has 0 saturated heterocycles. The summed E-state index contributed by atoms with van der Waals surface area (Å²) in [4.78, 5) is 0. The molecule has 0 aliphatic rings. The zero-order chi connectivity index (χ0) is 2.00. The quantitative estimate of drug-likeness (QED) is 0.330. The zero-order valence-corrected chi connectivity index (χ0v) is 98.3. The van der Waals surface area contributed by atoms with E-state index in [1.165, 1.54) is 0 Å². The second-order valence-electron chi connectivity index (χ2n) is 0. The topological polar surface area (TPSA) is 0 Å². The van der Waals surface area contributed by atoms with E-state index in [1.54, 1.807) is 0 Å². The maximum Gasteiger partial charge on any atom is 0 e. The van der Waals surface area contributed by atoms with Gasteiger partial charge in [-0.05, 0) is 0 Å². The van der Waals surface area contributed by atoms with E-state index in [1.807, 2.05) is 15.7 Å². The van der Waals surface area contributed by atoms with Crippen LogP contribution in [0.4, 0.5) is 0 Å². The molecule has 0 amide bonds. The summed E-state index contributed by atoms with van der Waals surface area (Å²) in [7, 11) is 4.02. The molecular weight excluding hydrogens is 2410 g/mol. The van der Waals surface area contributed by atoms with Crippen LogP contribution in [0.25, 0.3) is 0 Å². The van der Waals surface area contributed by atoms with Crippen molar-refractivity contribution in [1.29, 1.82) is 0 Å². The van der Waals surface area contributed by atoms with Gasteiger partial charge < -0.3 is 0 Å². The molecule has 0 rings (SSSR count). The van der Waals surface area contributed by atoms with Crippen LogP contribution in [0.2, 0.25) is 0 Å². The molecule has 0 aliphatic carbocycles. The number of hydrogen-bond donors (Lipinski definition) is 0. The van der Waals surface area contributed by atoms with Crippen molar-refractivity contribution < 1.29 is 739 Å². The summed E-state index contributed by atoms with van der Waals surface area (Å²) < 4.78 is 0. The van der Waals surface area contributed by atoms with Crippen LogP contribution in [0.1, 0.15) is 0 Å². The molecule has 0 aromatic carbocycles. The third-order valence-corrected chi connectivity index (χ3v) is 0. The first-order chi connectivity index (χ1) is 1.00. The maximum atomic E-state index is 4.02. The van der Waals surface area contributed by atoms with Crippen molar-refractivity contribution in [2.45, 2.75) is 0 Å². The van der Waals surface area contributed by atoms with E-state index in [9.17, 15) is 0 Å². The van der Waals surface area contributed by atoms with Crippen LogP contribution in [0.5, 0.6) is 0 Å². The van der Waals surface area contributed by atoms with E-state index >= 15 is 0 Å². The summed E-state index contributed by atoms with van der Waals surface area (Å²) in [5, 5.41) is 0. The van der Waals surface area contributed by atoms with Gasteiger partial charge in [0.1, 0.15) is 0 Å². The average Bonchev–Trinajstić information content (AvgIpc) is 1.00. The van der Waals surface area contributed by atoms with Crippen LogP contribution in [0, 0.1) is 0 Å². The fourth-order valence-electron chi connectivity index (χ4n) is 0. The molecule has 11 unspecified atom stereocenters. The van der Waals surface area contributed by atoms with Crippen LogP contribution >= 0.6 is 119 Å². The summed E-state index contributed by atoms with van der Waals surface area (Å²) in [6.07, 6.45) is 0. The molecule has 0 bridgehead atoms. The van der Waals surface area contributed by atoms with Gasteiger partial charge in [0.2, 0.25) is 0 Å². The van der Waals surface area contributed by atoms with Crippen molar-refractivity contribution in [2.24, 2.45) is 0 Å². The van der Waals surface area contributed by atoms with Gasteiger partial charge in [-0.2, -0.15) is 109 Å². The zero-order valence-electron chi connectivity index (χ0n) is 26.1. The Morgan fingerprint density at radius 2 is 0.0962 bits per heavy atom. The van der Waals surface area contributed by atoms with Gasteiger partial charge >= 0.3 is 26.0 Å². The largest absolute Gasteiger partial charge is 0 e. The molecule has 0 aliphatic heterocycles. The van der Waals surface area contributed by atoms with E-state index in [0.29, 0.717) is 0 Å². The van der Waals surface area contributed by atoms with Crippen LogP contribution < -0.4 is 0 Å². The Morgan fingerprint density at radius 3 is 0.0962 bits per heavy atom. The standard InChI is InChI=1S/11H3P.S.40V/h11*1H3;;;;;;;;;;;;;;;;;;;;;;;;;;;;;;;;;;;;;;;;;. The van der Waals surface area contributed by atoms with Crippen molar-refractivity contribution in [1.82, 2.24) is 0 Å². The second kappa shape index (κ2) is 607. The third kappa shape index (κ3) is 584. The average molecular weight is 2440 g/mol. The molecule has 0 nitrogen and oxygen atoms in total. The van der Waals surface area contributed by atoms with Crippen LogP contribution in [-0.4, -0.2) is 0 Å². The normalized spacial score (nSPS) is 0.0577. The van der Waals surface area contributed by atoms with Gasteiger partial charge in [-0.1, -0.05) is 0 Å². The molecule has 0 aromatic heterocycles. The Labute approximate surface area is 836 Å². The maximum absolute atomic E-state index is 4.02. The fraction of sp³-hybridized carbons (Fsp3) is 0. The fourth-order valence-corrected chi connectivity index (χ4v) is 0. The van der Waals surface area contributed by atoms with Crippen LogP contribution in [-0.2, 0) is 739 Å². The Bertz CT molecular complexity index is 45.5. The van der Waals surface area contributed by atoms with Gasteiger partial charge in [-0.15, -0.1) is 0 Å². The molecule has 0 heterocycles. The van der Waals surface area contributed by atoms with Crippen molar-refractivity contribution in [2.75, 3.05) is 0 Å². The molecule has 0 saturated carbocycles. The predicted octanol–water partition coefficient (Wildman–Crippen LogP) is 1.19. The number of hydrogen-bond acceptors (Lipinski definition) is 1. The van der Waals surface area contributed by atoms with Crippen molar-refractivity contribution in [3.63, 3.8) is 0 Å². The molecule has 39 radical (unpaired) electrons. The smallest absolute Gasteiger partial charge is 0 e. The minimum Gasteiger partial charge on any atom is 0 e. The minimum absolute atomic E-state index is 0. The second-order valence-corrected chi connectivity index (χ2v) is 0. The van der Waals surface area contributed by atoms with E-state index in [4.69, 9.17) is 0 Å². The first-order valence-corrected chi connectivity index (χ1v) is 2.26. The molecule has 0 aromatic rings. The van der Waals surface area contributed by atoms with Crippen molar-refractivity contribution in [3.05, 3.63) is 0 Å². The van der Waals surface area contributed by atoms with Gasteiger partial charge in [-0.25, -0.2) is 0 Å². The minimum atomic E-state index is 0. The monoisotopic (exact) mass is 2440 g/mol. The van der Waals surface area contributed by atoms with Crippen LogP contribution in [0.15, 0.2) is 0 Å². The SMILES string of the molecule is P.P.P.P.P.P.P.P.P.P.P.[S]=[V].[V].[V].[V].[V].[V].[V].[V].[V].[V].[V].[V].[V].[V].[V].[V].[V].[V].[V].[V].[V].[V].[V].[V].[V].[V].[V].[V].[V].[V].[V].[V].[V].[V].[V].[V].[V].[V].[V].[V]. The molecule has 52 heteroatoms. The van der Waals surface area contributed by atoms with E-state index in [-0.39, 0.29) is 833 Å². The third-order valence-electron chi connectivity index (χ3n) is 0. The molecule has 0 spiro atoms. The van der Waals surface area contributed by atoms with E-state index in [2.05, 4.69) is 10.3 Å². The Hall–Kier alpha value is 28.3. The van der Waals surface area contributed by atoms with E-state index < -0.39 is 0 Å². The molecular formula is H33P11SV40. The summed E-state index contributed by atoms with van der Waals surface area (Å²) in [6, 6.07) is 0. The first kappa shape index (κ1) is 588. The Morgan fingerprint density at radius 1 is 0.0962 bits per heavy atom. The van der Waals surface area contributed by atoms with Gasteiger partial charge in [0.05, 0.1) is 0 Å². The van der Waals surface area contributed by atoms with E-state index in [0.717, 1.165) is 0 Å². The molecule has 11 atom stereocenters. The van der Waals surface area contributed by atoms with Crippen LogP contribution in [0.3, 0.4) is 0 Å². The molecule has 0 N–H and O–H groups in total. The van der Waals surface area contributed by atoms with Crippen molar-refractivity contribution in [3.8, 4) is 0 Å². The summed E-state index contributed by atoms with van der Waals surface area (Å²) in [6.45, 7) is 0. The number of rotatable bonds is 0. The van der Waals surface area contributed by atoms with Gasteiger partial charge in [0.25, 0.3) is 0 Å². The van der Waals surface area contributed by atoms with Gasteiger partial charge in [0, 0.05) is 724 Å². The summed E-state index contributed by atoms with van der Waals surface area (Å²) in [5.74, 6) is 0. The first-order valence-electron chi connectivity index (χ1n) is 0.183. The molecule has 52 heavy (non-hydrogen) atoms. The van der Waals surface area contributed by atoms with Crippen molar-refractivity contribution >= 4 is 119 Å². The molecule has 0 fully saturated rings. The summed E-state index contributed by atoms with van der Waals surface area (Å²) >= 11 is 1.90. The predicted molar refractivity (Wildman–Crippen MR) is 130 cm³/mol. The molecule has 294 valence electrons. The van der Waals surface area contributed by atoms with Gasteiger partial charge in [-0.3, -0.25) is 0 Å². The van der Waals surface area contributed by atoms with Gasteiger partial charge in [0.15, 0.2) is 0 Å².